The van der Waals surface area contributed by atoms with Crippen LogP contribution in [0, 0.1) is 0 Å². The predicted octanol–water partition coefficient (Wildman–Crippen LogP) is 3.28. The fraction of sp³-hybridized carbons (Fsp3) is 0.118. The zero-order valence-corrected chi connectivity index (χ0v) is 14.5. The number of aromatic nitrogens is 1. The smallest absolute Gasteiger partial charge is 0.282 e. The van der Waals surface area contributed by atoms with Crippen molar-refractivity contribution in [2.45, 2.75) is 12.0 Å². The summed E-state index contributed by atoms with van der Waals surface area (Å²) in [6.07, 6.45) is 1.65. The minimum absolute atomic E-state index is 0.0644. The molecule has 0 aliphatic carbocycles. The van der Waals surface area contributed by atoms with Crippen molar-refractivity contribution in [2.75, 3.05) is 0 Å². The van der Waals surface area contributed by atoms with Gasteiger partial charge in [0, 0.05) is 6.20 Å². The highest BCUT2D eigenvalue weighted by Crippen LogP contribution is 2.38. The number of pyridine rings is 1. The molecular formula is C17H13ClN4O2S. The van der Waals surface area contributed by atoms with Crippen molar-refractivity contribution >= 4 is 40.4 Å². The van der Waals surface area contributed by atoms with Gasteiger partial charge in [0.2, 0.25) is 5.88 Å². The third-order valence-electron chi connectivity index (χ3n) is 3.95. The molecule has 25 heavy (non-hydrogen) atoms. The van der Waals surface area contributed by atoms with Crippen LogP contribution in [0.25, 0.3) is 5.57 Å². The maximum atomic E-state index is 12.8. The van der Waals surface area contributed by atoms with Gasteiger partial charge < -0.3 is 10.0 Å². The molecule has 3 heterocycles. The van der Waals surface area contributed by atoms with Gasteiger partial charge in [-0.25, -0.2) is 4.98 Å². The lowest BCUT2D eigenvalue weighted by atomic mass is 10.0. The molecule has 8 heteroatoms. The molecule has 0 bridgehead atoms. The number of fused-ring (bicyclic) bond motifs is 1. The molecular weight excluding hydrogens is 360 g/mol. The van der Waals surface area contributed by atoms with Crippen LogP contribution in [0.1, 0.15) is 11.1 Å². The molecule has 0 fully saturated rings. The Morgan fingerprint density at radius 2 is 2.00 bits per heavy atom. The molecule has 1 N–H and O–H groups in total. The second-order valence-electron chi connectivity index (χ2n) is 5.51. The fourth-order valence-electron chi connectivity index (χ4n) is 2.77. The van der Waals surface area contributed by atoms with E-state index in [0.717, 1.165) is 5.56 Å². The van der Waals surface area contributed by atoms with Crippen LogP contribution in [0.15, 0.2) is 59.6 Å². The molecule has 0 saturated heterocycles. The molecule has 6 nitrogen and oxygen atoms in total. The van der Waals surface area contributed by atoms with E-state index in [4.69, 9.17) is 11.6 Å². The Morgan fingerprint density at radius 3 is 2.72 bits per heavy atom. The van der Waals surface area contributed by atoms with Crippen molar-refractivity contribution < 1.29 is 9.90 Å². The fourth-order valence-corrected chi connectivity index (χ4v) is 3.73. The first kappa shape index (κ1) is 16.0. The molecule has 2 aliphatic heterocycles. The summed E-state index contributed by atoms with van der Waals surface area (Å²) in [7, 11) is 0. The van der Waals surface area contributed by atoms with Crippen molar-refractivity contribution in [3.8, 4) is 0 Å². The monoisotopic (exact) mass is 372 g/mol. The number of hydrogen-bond donors (Lipinski definition) is 1. The molecule has 1 aromatic carbocycles. The van der Waals surface area contributed by atoms with Crippen LogP contribution in [-0.4, -0.2) is 37.0 Å². The quantitative estimate of drug-likeness (QED) is 0.837. The summed E-state index contributed by atoms with van der Waals surface area (Å²) >= 11 is 7.19. The third-order valence-corrected chi connectivity index (χ3v) is 5.09. The molecule has 1 amide bonds. The van der Waals surface area contributed by atoms with Gasteiger partial charge in [-0.15, -0.1) is 0 Å². The molecule has 0 radical (unpaired) electrons. The summed E-state index contributed by atoms with van der Waals surface area (Å²) in [5.41, 5.74) is 2.94. The molecule has 4 rings (SSSR count). The highest BCUT2D eigenvalue weighted by molar-refractivity contribution is 8.12. The Balaban J connectivity index is 1.76. The van der Waals surface area contributed by atoms with Gasteiger partial charge in [0.25, 0.3) is 5.91 Å². The molecule has 1 unspecified atom stereocenters. The van der Waals surface area contributed by atoms with E-state index < -0.39 is 5.50 Å². The summed E-state index contributed by atoms with van der Waals surface area (Å²) in [6, 6.07) is 12.6. The number of nitrogens with zero attached hydrogens (tertiary/aromatic N) is 4. The maximum absolute atomic E-state index is 12.8. The van der Waals surface area contributed by atoms with Crippen molar-refractivity contribution in [1.29, 1.82) is 0 Å². The predicted molar refractivity (Wildman–Crippen MR) is 97.5 cm³/mol. The highest BCUT2D eigenvalue weighted by atomic mass is 35.5. The second kappa shape index (κ2) is 6.42. The van der Waals surface area contributed by atoms with E-state index in [1.165, 1.54) is 16.8 Å². The topological polar surface area (TPSA) is 69.0 Å². The summed E-state index contributed by atoms with van der Waals surface area (Å²) < 4.78 is 0. The van der Waals surface area contributed by atoms with Crippen LogP contribution in [-0.2, 0) is 11.3 Å². The maximum Gasteiger partial charge on any atom is 0.282 e. The van der Waals surface area contributed by atoms with Gasteiger partial charge in [-0.3, -0.25) is 4.79 Å². The van der Waals surface area contributed by atoms with Gasteiger partial charge in [0.15, 0.2) is 5.50 Å². The molecule has 1 aromatic heterocycles. The van der Waals surface area contributed by atoms with Crippen molar-refractivity contribution in [2.24, 2.45) is 5.10 Å². The van der Waals surface area contributed by atoms with E-state index >= 15 is 0 Å². The van der Waals surface area contributed by atoms with Crippen LogP contribution < -0.4 is 0 Å². The first-order valence-corrected chi connectivity index (χ1v) is 8.84. The minimum atomic E-state index is -0.421. The van der Waals surface area contributed by atoms with Gasteiger partial charge in [0.1, 0.15) is 10.7 Å². The number of halogens is 1. The Morgan fingerprint density at radius 1 is 1.20 bits per heavy atom. The van der Waals surface area contributed by atoms with Crippen LogP contribution in [0.2, 0.25) is 5.15 Å². The van der Waals surface area contributed by atoms with Gasteiger partial charge in [-0.05, 0) is 17.2 Å². The SMILES string of the molecule is O=C1C(c2ccccc2)=C(O)N(Cc2ccc(Cl)nc2)C2SC=NN12. The van der Waals surface area contributed by atoms with Crippen LogP contribution in [0.3, 0.4) is 0 Å². The summed E-state index contributed by atoms with van der Waals surface area (Å²) in [5, 5.41) is 16.8. The second-order valence-corrected chi connectivity index (χ2v) is 6.81. The average Bonchev–Trinajstić information content (AvgIpc) is 3.11. The lowest BCUT2D eigenvalue weighted by Crippen LogP contribution is -2.48. The largest absolute Gasteiger partial charge is 0.494 e. The number of aliphatic hydroxyl groups excluding tert-OH is 1. The van der Waals surface area contributed by atoms with E-state index in [9.17, 15) is 9.90 Å². The van der Waals surface area contributed by atoms with E-state index in [1.54, 1.807) is 34.8 Å². The minimum Gasteiger partial charge on any atom is -0.494 e. The third kappa shape index (κ3) is 2.85. The van der Waals surface area contributed by atoms with Crippen LogP contribution in [0.4, 0.5) is 0 Å². The lowest BCUT2D eigenvalue weighted by molar-refractivity contribution is -0.130. The molecule has 0 spiro atoms. The van der Waals surface area contributed by atoms with E-state index in [2.05, 4.69) is 10.1 Å². The van der Waals surface area contributed by atoms with Crippen LogP contribution >= 0.6 is 23.4 Å². The lowest BCUT2D eigenvalue weighted by Gasteiger charge is -2.38. The Kier molecular flexibility index (Phi) is 4.10. The number of benzene rings is 1. The molecule has 2 aliphatic rings. The van der Waals surface area contributed by atoms with Gasteiger partial charge in [0.05, 0.1) is 12.1 Å². The first-order chi connectivity index (χ1) is 12.1. The number of rotatable bonds is 3. The molecule has 126 valence electrons. The van der Waals surface area contributed by atoms with Gasteiger partial charge in [-0.2, -0.15) is 10.1 Å². The van der Waals surface area contributed by atoms with E-state index in [1.807, 2.05) is 24.3 Å². The zero-order valence-electron chi connectivity index (χ0n) is 12.9. The molecule has 2 aromatic rings. The zero-order chi connectivity index (χ0) is 17.4. The number of aliphatic hydroxyl groups is 1. The normalized spacial score (nSPS) is 19.6. The number of thioether (sulfide) groups is 1. The summed E-state index contributed by atoms with van der Waals surface area (Å²) in [4.78, 5) is 18.6. The number of hydrazone groups is 1. The number of carbonyl (C=O) groups excluding carboxylic acids is 1. The average molecular weight is 373 g/mol. The van der Waals surface area contributed by atoms with E-state index in [-0.39, 0.29) is 17.4 Å². The van der Waals surface area contributed by atoms with E-state index in [0.29, 0.717) is 17.3 Å². The Bertz CT molecular complexity index is 870. The first-order valence-electron chi connectivity index (χ1n) is 7.52. The number of carbonyl (C=O) groups is 1. The number of amides is 1. The van der Waals surface area contributed by atoms with Crippen molar-refractivity contribution in [3.05, 3.63) is 70.8 Å². The van der Waals surface area contributed by atoms with Crippen LogP contribution in [0.5, 0.6) is 0 Å². The Hall–Kier alpha value is -2.51. The van der Waals surface area contributed by atoms with Gasteiger partial charge >= 0.3 is 0 Å². The summed E-state index contributed by atoms with van der Waals surface area (Å²) in [6.45, 7) is 0.372. The van der Waals surface area contributed by atoms with Gasteiger partial charge in [-0.1, -0.05) is 59.8 Å². The standard InChI is InChI=1S/C17H13ClN4O2S/c18-13-7-6-11(8-19-13)9-21-15(23)14(12-4-2-1-3-5-12)16(24)22-17(21)25-10-20-22/h1-8,10,17,23H,9H2. The molecule has 1 atom stereocenters. The summed E-state index contributed by atoms with van der Waals surface area (Å²) in [5.74, 6) is -0.383. The van der Waals surface area contributed by atoms with Crippen molar-refractivity contribution in [1.82, 2.24) is 14.9 Å². The van der Waals surface area contributed by atoms with Crippen molar-refractivity contribution in [3.63, 3.8) is 0 Å². The highest BCUT2D eigenvalue weighted by Gasteiger charge is 2.42. The Labute approximate surface area is 153 Å². The molecule has 0 saturated carbocycles. The number of hydrogen-bond acceptors (Lipinski definition) is 6.